The molecule has 0 unspecified atom stereocenters. The van der Waals surface area contributed by atoms with Gasteiger partial charge in [0.15, 0.2) is 28.2 Å². The van der Waals surface area contributed by atoms with Gasteiger partial charge < -0.3 is 14.7 Å². The van der Waals surface area contributed by atoms with Gasteiger partial charge in [-0.2, -0.15) is 17.5 Å². The van der Waals surface area contributed by atoms with Crippen LogP contribution in [-0.4, -0.2) is 47.3 Å². The van der Waals surface area contributed by atoms with E-state index in [2.05, 4.69) is 4.98 Å². The summed E-state index contributed by atoms with van der Waals surface area (Å²) in [6.45, 7) is -3.43. The molecular weight excluding hydrogens is 706 g/mol. The molecule has 1 aromatic heterocycles. The zero-order valence-electron chi connectivity index (χ0n) is 25.2. The second-order valence-electron chi connectivity index (χ2n) is 10.9. The Morgan fingerprint density at radius 1 is 0.860 bits per heavy atom. The van der Waals surface area contributed by atoms with Crippen LogP contribution in [0.2, 0.25) is 0 Å². The number of anilines is 1. The Balaban J connectivity index is 1.66. The first-order chi connectivity index (χ1) is 23.5. The Bertz CT molecular complexity index is 2030. The largest absolute Gasteiger partial charge is 0.488 e. The molecule has 1 aliphatic carbocycles. The summed E-state index contributed by atoms with van der Waals surface area (Å²) in [7, 11) is -6.01. The standard InChI is InChI=1S/C32H23F8N3O6S/c33-25-26(34)28(36)30(29(37)27(25)35)50(47,48)42(14-18-5-1-2-7-21(18)32(38,39)40)16-24(44)43(15-19-6-3-4-12-41-19)22-11-8-17(31(45)46)13-23(22)49-20-9-10-20/h1-8,11-13,20H,9-10,14-16H2,(H,45,46). The van der Waals surface area contributed by atoms with Crippen molar-refractivity contribution in [3.8, 4) is 5.75 Å². The maximum absolute atomic E-state index is 14.9. The Morgan fingerprint density at radius 2 is 1.48 bits per heavy atom. The molecule has 0 radical (unpaired) electrons. The second-order valence-corrected chi connectivity index (χ2v) is 12.8. The summed E-state index contributed by atoms with van der Waals surface area (Å²) in [5, 5.41) is 9.53. The molecule has 1 saturated carbocycles. The van der Waals surface area contributed by atoms with E-state index in [4.69, 9.17) is 4.74 Å². The average Bonchev–Trinajstić information content (AvgIpc) is 3.89. The number of sulfonamides is 1. The van der Waals surface area contributed by atoms with Crippen LogP contribution in [0.25, 0.3) is 0 Å². The van der Waals surface area contributed by atoms with Gasteiger partial charge in [0.05, 0.1) is 41.7 Å². The Morgan fingerprint density at radius 3 is 2.06 bits per heavy atom. The topological polar surface area (TPSA) is 117 Å². The summed E-state index contributed by atoms with van der Waals surface area (Å²) in [4.78, 5) is 28.4. The van der Waals surface area contributed by atoms with Crippen LogP contribution in [0.1, 0.15) is 40.0 Å². The molecule has 1 aliphatic rings. The normalized spacial score (nSPS) is 13.4. The van der Waals surface area contributed by atoms with Crippen LogP contribution < -0.4 is 9.64 Å². The predicted molar refractivity (Wildman–Crippen MR) is 158 cm³/mol. The third-order valence-corrected chi connectivity index (χ3v) is 9.22. The maximum Gasteiger partial charge on any atom is 0.416 e. The smallest absolute Gasteiger partial charge is 0.416 e. The molecule has 0 aliphatic heterocycles. The van der Waals surface area contributed by atoms with Crippen molar-refractivity contribution >= 4 is 27.6 Å². The van der Waals surface area contributed by atoms with Gasteiger partial charge >= 0.3 is 12.1 Å². The van der Waals surface area contributed by atoms with E-state index in [0.29, 0.717) is 18.9 Å². The minimum atomic E-state index is -6.01. The van der Waals surface area contributed by atoms with Gasteiger partial charge in [-0.05, 0) is 54.8 Å². The number of halogens is 8. The molecule has 1 N–H and O–H groups in total. The number of pyridine rings is 1. The van der Waals surface area contributed by atoms with Gasteiger partial charge in [0.1, 0.15) is 5.75 Å². The van der Waals surface area contributed by atoms with Crippen molar-refractivity contribution in [3.05, 3.63) is 118 Å². The van der Waals surface area contributed by atoms with Crippen LogP contribution in [0.4, 0.5) is 40.8 Å². The zero-order chi connectivity index (χ0) is 36.5. The SMILES string of the molecule is O=C(O)c1ccc(N(Cc2ccccn2)C(=O)CN(Cc2ccccc2C(F)(F)F)S(=O)(=O)c2c(F)c(F)c(F)c(F)c2F)c(OC2CC2)c1. The van der Waals surface area contributed by atoms with Gasteiger partial charge in [0, 0.05) is 12.7 Å². The van der Waals surface area contributed by atoms with Gasteiger partial charge in [0.25, 0.3) is 0 Å². The predicted octanol–water partition coefficient (Wildman–Crippen LogP) is 6.46. The average molecular weight is 730 g/mol. The number of hydrogen-bond acceptors (Lipinski definition) is 6. The first kappa shape index (κ1) is 36.2. The number of ether oxygens (including phenoxy) is 1. The number of carboxylic acid groups (broad SMARTS) is 1. The molecule has 1 heterocycles. The Kier molecular flexibility index (Phi) is 10.2. The number of nitrogens with zero attached hydrogens (tertiary/aromatic N) is 3. The molecule has 1 fully saturated rings. The molecule has 0 saturated heterocycles. The number of rotatable bonds is 12. The fraction of sp³-hybridized carbons (Fsp3) is 0.219. The summed E-state index contributed by atoms with van der Waals surface area (Å²) in [5.74, 6) is -16.4. The summed E-state index contributed by atoms with van der Waals surface area (Å²) in [6, 6.07) is 11.2. The Labute approximate surface area is 278 Å². The van der Waals surface area contributed by atoms with Gasteiger partial charge in [0.2, 0.25) is 21.7 Å². The van der Waals surface area contributed by atoms with Crippen molar-refractivity contribution < 1.29 is 63.0 Å². The molecule has 9 nitrogen and oxygen atoms in total. The maximum atomic E-state index is 14.9. The summed E-state index contributed by atoms with van der Waals surface area (Å²) in [5.41, 5.74) is -2.51. The van der Waals surface area contributed by atoms with Crippen molar-refractivity contribution in [2.75, 3.05) is 11.4 Å². The number of benzene rings is 3. The molecule has 3 aromatic carbocycles. The first-order valence-electron chi connectivity index (χ1n) is 14.4. The van der Waals surface area contributed by atoms with E-state index in [1.807, 2.05) is 0 Å². The number of carbonyl (C=O) groups is 2. The van der Waals surface area contributed by atoms with Gasteiger partial charge in [-0.15, -0.1) is 0 Å². The molecule has 1 amide bonds. The van der Waals surface area contributed by atoms with Crippen LogP contribution in [-0.2, 0) is 34.1 Å². The number of alkyl halides is 3. The molecular formula is C32H23F8N3O6S. The summed E-state index contributed by atoms with van der Waals surface area (Å²) < 4.78 is 147. The Hall–Kier alpha value is -5.10. The fourth-order valence-electron chi connectivity index (χ4n) is 4.82. The third kappa shape index (κ3) is 7.55. The van der Waals surface area contributed by atoms with Crippen LogP contribution in [0.15, 0.2) is 71.8 Å². The van der Waals surface area contributed by atoms with Gasteiger partial charge in [-0.1, -0.05) is 24.3 Å². The van der Waals surface area contributed by atoms with E-state index in [9.17, 15) is 58.2 Å². The highest BCUT2D eigenvalue weighted by Crippen LogP contribution is 2.38. The second kappa shape index (κ2) is 14.0. The van der Waals surface area contributed by atoms with E-state index < -0.39 is 92.8 Å². The van der Waals surface area contributed by atoms with Crippen LogP contribution in [0.3, 0.4) is 0 Å². The summed E-state index contributed by atoms with van der Waals surface area (Å²) in [6.07, 6.45) is -3.02. The number of carboxylic acids is 1. The lowest BCUT2D eigenvalue weighted by Crippen LogP contribution is -2.43. The molecule has 0 spiro atoms. The van der Waals surface area contributed by atoms with Gasteiger partial charge in [-0.25, -0.2) is 35.2 Å². The monoisotopic (exact) mass is 729 g/mol. The fourth-order valence-corrected chi connectivity index (χ4v) is 6.30. The molecule has 264 valence electrons. The third-order valence-electron chi connectivity index (χ3n) is 7.41. The molecule has 50 heavy (non-hydrogen) atoms. The minimum Gasteiger partial charge on any atom is -0.488 e. The van der Waals surface area contributed by atoms with E-state index in [1.54, 1.807) is 0 Å². The van der Waals surface area contributed by atoms with E-state index in [1.165, 1.54) is 24.4 Å². The van der Waals surface area contributed by atoms with Crippen LogP contribution >= 0.6 is 0 Å². The van der Waals surface area contributed by atoms with E-state index in [0.717, 1.165) is 41.3 Å². The minimum absolute atomic E-state index is 0.151. The number of aromatic carboxylic acids is 1. The highest BCUT2D eigenvalue weighted by Gasteiger charge is 2.41. The molecule has 5 rings (SSSR count). The quantitative estimate of drug-likeness (QED) is 0.101. The highest BCUT2D eigenvalue weighted by molar-refractivity contribution is 7.89. The molecule has 0 bridgehead atoms. The number of carbonyl (C=O) groups excluding carboxylic acids is 1. The van der Waals surface area contributed by atoms with E-state index in [-0.39, 0.29) is 33.1 Å². The first-order valence-corrected chi connectivity index (χ1v) is 15.9. The zero-order valence-corrected chi connectivity index (χ0v) is 26.0. The van der Waals surface area contributed by atoms with E-state index >= 15 is 0 Å². The lowest BCUT2D eigenvalue weighted by Gasteiger charge is -2.29. The van der Waals surface area contributed by atoms with Crippen LogP contribution in [0, 0.1) is 29.1 Å². The number of amides is 1. The lowest BCUT2D eigenvalue weighted by atomic mass is 10.1. The number of aromatic nitrogens is 1. The number of hydrogen-bond donors (Lipinski definition) is 1. The van der Waals surface area contributed by atoms with Crippen LogP contribution in [0.5, 0.6) is 5.75 Å². The molecule has 18 heteroatoms. The van der Waals surface area contributed by atoms with Crippen molar-refractivity contribution in [1.29, 1.82) is 0 Å². The van der Waals surface area contributed by atoms with Crippen molar-refractivity contribution in [2.45, 2.75) is 43.1 Å². The summed E-state index contributed by atoms with van der Waals surface area (Å²) >= 11 is 0. The lowest BCUT2D eigenvalue weighted by molar-refractivity contribution is -0.138. The highest BCUT2D eigenvalue weighted by atomic mass is 32.2. The van der Waals surface area contributed by atoms with Gasteiger partial charge in [-0.3, -0.25) is 9.78 Å². The molecule has 4 aromatic rings. The van der Waals surface area contributed by atoms with Crippen molar-refractivity contribution in [2.24, 2.45) is 0 Å². The van der Waals surface area contributed by atoms with Crippen molar-refractivity contribution in [3.63, 3.8) is 0 Å². The van der Waals surface area contributed by atoms with Crippen molar-refractivity contribution in [1.82, 2.24) is 9.29 Å². The molecule has 0 atom stereocenters.